The molecule has 0 aliphatic heterocycles. The minimum absolute atomic E-state index is 0.107. The van der Waals surface area contributed by atoms with Crippen molar-refractivity contribution in [2.75, 3.05) is 19.0 Å². The monoisotopic (exact) mass is 375 g/mol. The smallest absolute Gasteiger partial charge is 0.193 e. The Balaban J connectivity index is 2.06. The fourth-order valence-corrected chi connectivity index (χ4v) is 2.57. The van der Waals surface area contributed by atoms with Crippen LogP contribution in [0.4, 0.5) is 5.69 Å². The predicted molar refractivity (Wildman–Crippen MR) is 100 cm³/mol. The van der Waals surface area contributed by atoms with Crippen LogP contribution >= 0.6 is 15.9 Å². The lowest BCUT2D eigenvalue weighted by atomic mass is 9.85. The Bertz CT molecular complexity index is 698. The van der Waals surface area contributed by atoms with Crippen molar-refractivity contribution in [2.45, 2.75) is 19.3 Å². The van der Waals surface area contributed by atoms with Gasteiger partial charge in [-0.25, -0.2) is 0 Å². The van der Waals surface area contributed by atoms with E-state index in [1.807, 2.05) is 36.4 Å². The van der Waals surface area contributed by atoms with Crippen LogP contribution in [0.3, 0.4) is 0 Å². The highest BCUT2D eigenvalue weighted by atomic mass is 79.9. The zero-order chi connectivity index (χ0) is 16.9. The fraction of sp³-hybridized carbons (Fsp3) is 0.278. The molecule has 0 radical (unpaired) electrons. The van der Waals surface area contributed by atoms with Gasteiger partial charge in [0, 0.05) is 21.6 Å². The van der Waals surface area contributed by atoms with E-state index in [4.69, 9.17) is 10.5 Å². The van der Waals surface area contributed by atoms with Gasteiger partial charge in [-0.1, -0.05) is 48.0 Å². The van der Waals surface area contributed by atoms with Crippen molar-refractivity contribution < 1.29 is 4.74 Å². The predicted octanol–water partition coefficient (Wildman–Crippen LogP) is 4.16. The third-order valence-corrected chi connectivity index (χ3v) is 4.09. The molecule has 0 aliphatic rings. The average Bonchev–Trinajstić information content (AvgIpc) is 2.53. The van der Waals surface area contributed by atoms with Gasteiger partial charge in [0.05, 0.1) is 13.7 Å². The van der Waals surface area contributed by atoms with Gasteiger partial charge in [-0.3, -0.25) is 4.99 Å². The maximum Gasteiger partial charge on any atom is 0.193 e. The number of methoxy groups -OCH3 is 1. The number of guanidine groups is 1. The van der Waals surface area contributed by atoms with E-state index in [0.29, 0.717) is 12.5 Å². The third kappa shape index (κ3) is 4.99. The second kappa shape index (κ2) is 7.51. The Kier molecular flexibility index (Phi) is 5.66. The summed E-state index contributed by atoms with van der Waals surface area (Å²) in [6, 6.07) is 15.8. The van der Waals surface area contributed by atoms with E-state index in [0.717, 1.165) is 15.9 Å². The van der Waals surface area contributed by atoms with Crippen LogP contribution < -0.4 is 15.8 Å². The van der Waals surface area contributed by atoms with E-state index in [-0.39, 0.29) is 5.41 Å². The number of nitrogens with two attached hydrogens (primary N) is 1. The van der Waals surface area contributed by atoms with Crippen LogP contribution in [0.2, 0.25) is 0 Å². The van der Waals surface area contributed by atoms with E-state index in [1.165, 1.54) is 5.56 Å². The summed E-state index contributed by atoms with van der Waals surface area (Å²) in [7, 11) is 1.64. The number of aliphatic imine (C=N–C) groups is 1. The molecule has 2 rings (SSSR count). The maximum atomic E-state index is 6.00. The van der Waals surface area contributed by atoms with Crippen molar-refractivity contribution in [3.05, 3.63) is 58.6 Å². The minimum atomic E-state index is -0.107. The molecule has 0 unspecified atom stereocenters. The van der Waals surface area contributed by atoms with Gasteiger partial charge in [-0.15, -0.1) is 0 Å². The summed E-state index contributed by atoms with van der Waals surface area (Å²) in [5.74, 6) is 1.17. The molecule has 0 heterocycles. The third-order valence-electron chi connectivity index (χ3n) is 3.59. The van der Waals surface area contributed by atoms with Crippen molar-refractivity contribution in [2.24, 2.45) is 10.7 Å². The second-order valence-corrected chi connectivity index (χ2v) is 6.87. The normalized spacial score (nSPS) is 12.1. The quantitative estimate of drug-likeness (QED) is 0.609. The van der Waals surface area contributed by atoms with Crippen molar-refractivity contribution in [3.8, 4) is 5.75 Å². The Morgan fingerprint density at radius 1 is 1.22 bits per heavy atom. The van der Waals surface area contributed by atoms with Crippen LogP contribution in [0, 0.1) is 0 Å². The Labute approximate surface area is 145 Å². The van der Waals surface area contributed by atoms with E-state index in [2.05, 4.69) is 52.2 Å². The Morgan fingerprint density at radius 3 is 2.65 bits per heavy atom. The summed E-state index contributed by atoms with van der Waals surface area (Å²) in [6.45, 7) is 4.89. The summed E-state index contributed by atoms with van der Waals surface area (Å²) in [6.07, 6.45) is 0. The first-order valence-electron chi connectivity index (χ1n) is 7.38. The molecule has 0 spiro atoms. The number of halogens is 1. The molecule has 0 aliphatic carbocycles. The summed E-state index contributed by atoms with van der Waals surface area (Å²) >= 11 is 3.51. The zero-order valence-electron chi connectivity index (χ0n) is 13.6. The molecule has 0 aromatic heterocycles. The number of nitrogens with zero attached hydrogens (tertiary/aromatic N) is 1. The van der Waals surface area contributed by atoms with Crippen LogP contribution in [0.25, 0.3) is 0 Å². The molecule has 3 N–H and O–H groups in total. The van der Waals surface area contributed by atoms with Gasteiger partial charge in [-0.2, -0.15) is 0 Å². The maximum absolute atomic E-state index is 6.00. The summed E-state index contributed by atoms with van der Waals surface area (Å²) in [5, 5.41) is 3.09. The van der Waals surface area contributed by atoms with Crippen molar-refractivity contribution in [3.63, 3.8) is 0 Å². The summed E-state index contributed by atoms with van der Waals surface area (Å²) in [4.78, 5) is 4.48. The number of hydrogen-bond acceptors (Lipinski definition) is 2. The van der Waals surface area contributed by atoms with Crippen molar-refractivity contribution >= 4 is 27.6 Å². The first-order valence-corrected chi connectivity index (χ1v) is 8.17. The van der Waals surface area contributed by atoms with E-state index < -0.39 is 0 Å². The number of ether oxygens (including phenoxy) is 1. The molecule has 122 valence electrons. The number of anilines is 1. The first kappa shape index (κ1) is 17.3. The van der Waals surface area contributed by atoms with Gasteiger partial charge in [0.2, 0.25) is 0 Å². The molecular weight excluding hydrogens is 354 g/mol. The molecule has 0 saturated heterocycles. The summed E-state index contributed by atoms with van der Waals surface area (Å²) in [5.41, 5.74) is 7.96. The van der Waals surface area contributed by atoms with E-state index >= 15 is 0 Å². The summed E-state index contributed by atoms with van der Waals surface area (Å²) < 4.78 is 6.26. The molecule has 0 atom stereocenters. The largest absolute Gasteiger partial charge is 0.497 e. The van der Waals surface area contributed by atoms with Gasteiger partial charge in [0.15, 0.2) is 5.96 Å². The molecular formula is C18H22BrN3O. The number of rotatable bonds is 5. The number of hydrogen-bond donors (Lipinski definition) is 2. The molecule has 2 aromatic rings. The lowest BCUT2D eigenvalue weighted by molar-refractivity contribution is 0.415. The highest BCUT2D eigenvalue weighted by Crippen LogP contribution is 2.26. The van der Waals surface area contributed by atoms with Crippen LogP contribution in [-0.2, 0) is 5.41 Å². The fourth-order valence-electron chi connectivity index (χ4n) is 2.17. The molecule has 0 bridgehead atoms. The Morgan fingerprint density at radius 2 is 1.96 bits per heavy atom. The van der Waals surface area contributed by atoms with E-state index in [1.54, 1.807) is 7.11 Å². The molecule has 2 aromatic carbocycles. The van der Waals surface area contributed by atoms with Crippen LogP contribution in [0.15, 0.2) is 58.0 Å². The molecule has 4 nitrogen and oxygen atoms in total. The highest BCUT2D eigenvalue weighted by molar-refractivity contribution is 9.10. The van der Waals surface area contributed by atoms with Gasteiger partial charge in [0.1, 0.15) is 5.75 Å². The van der Waals surface area contributed by atoms with Gasteiger partial charge < -0.3 is 15.8 Å². The first-order chi connectivity index (χ1) is 10.9. The van der Waals surface area contributed by atoms with Crippen molar-refractivity contribution in [1.82, 2.24) is 0 Å². The van der Waals surface area contributed by atoms with Gasteiger partial charge in [0.25, 0.3) is 0 Å². The molecule has 0 fully saturated rings. The van der Waals surface area contributed by atoms with Gasteiger partial charge >= 0.3 is 0 Å². The molecule has 23 heavy (non-hydrogen) atoms. The average molecular weight is 376 g/mol. The van der Waals surface area contributed by atoms with Crippen LogP contribution in [0.1, 0.15) is 19.4 Å². The lowest BCUT2D eigenvalue weighted by Gasteiger charge is -2.23. The SMILES string of the molecule is COc1cccc(NC(N)=NCC(C)(C)c2cccc(Br)c2)c1. The highest BCUT2D eigenvalue weighted by Gasteiger charge is 2.20. The standard InChI is InChI=1S/C18H22BrN3O/c1-18(2,13-6-4-7-14(19)10-13)12-21-17(20)22-15-8-5-9-16(11-15)23-3/h4-11H,12H2,1-3H3,(H3,20,21,22). The van der Waals surface area contributed by atoms with Crippen molar-refractivity contribution in [1.29, 1.82) is 0 Å². The second-order valence-electron chi connectivity index (χ2n) is 5.95. The molecule has 0 amide bonds. The van der Waals surface area contributed by atoms with E-state index in [9.17, 15) is 0 Å². The minimum Gasteiger partial charge on any atom is -0.497 e. The molecule has 5 heteroatoms. The number of nitrogens with one attached hydrogen (secondary N) is 1. The van der Waals surface area contributed by atoms with Crippen LogP contribution in [-0.4, -0.2) is 19.6 Å². The van der Waals surface area contributed by atoms with Gasteiger partial charge in [-0.05, 0) is 29.8 Å². The van der Waals surface area contributed by atoms with Crippen LogP contribution in [0.5, 0.6) is 5.75 Å². The number of benzene rings is 2. The topological polar surface area (TPSA) is 59.6 Å². The Hall–Kier alpha value is -2.01. The zero-order valence-corrected chi connectivity index (χ0v) is 15.2. The molecule has 0 saturated carbocycles. The lowest BCUT2D eigenvalue weighted by Crippen LogP contribution is -2.27.